The van der Waals surface area contributed by atoms with E-state index in [0.29, 0.717) is 11.2 Å². The Labute approximate surface area is 117 Å². The summed E-state index contributed by atoms with van der Waals surface area (Å²) in [7, 11) is 0. The summed E-state index contributed by atoms with van der Waals surface area (Å²) in [6.45, 7) is 2.14. The molecule has 0 saturated carbocycles. The maximum Gasteiger partial charge on any atom is 0.213 e. The van der Waals surface area contributed by atoms with Crippen LogP contribution in [-0.4, -0.2) is 16.1 Å². The highest BCUT2D eigenvalue weighted by Gasteiger charge is 2.22. The summed E-state index contributed by atoms with van der Waals surface area (Å²) >= 11 is 5.12. The van der Waals surface area contributed by atoms with Gasteiger partial charge in [0.2, 0.25) is 5.11 Å². The van der Waals surface area contributed by atoms with Crippen LogP contribution in [0.3, 0.4) is 0 Å². The number of aromatic amines is 1. The third kappa shape index (κ3) is 2.31. The summed E-state index contributed by atoms with van der Waals surface area (Å²) < 4.78 is 0. The van der Waals surface area contributed by atoms with E-state index in [1.165, 1.54) is 27.7 Å². The Morgan fingerprint density at radius 1 is 1.47 bits per heavy atom. The molecule has 0 radical (unpaired) electrons. The van der Waals surface area contributed by atoms with Crippen LogP contribution in [0.4, 0.5) is 0 Å². The lowest BCUT2D eigenvalue weighted by Gasteiger charge is -2.23. The molecule has 6 N–H and O–H groups in total. The first kappa shape index (κ1) is 12.4. The van der Waals surface area contributed by atoms with Crippen LogP contribution in [-0.2, 0) is 12.8 Å². The number of H-pyrrole nitrogens is 1. The van der Waals surface area contributed by atoms with Crippen molar-refractivity contribution in [3.8, 4) is 0 Å². The SMILES string of the molecule is Cc1ccc2[nH]c3c(c2c1)CCC(NC(=S)N[NH3+])C3. The molecule has 0 aliphatic heterocycles. The van der Waals surface area contributed by atoms with E-state index >= 15 is 0 Å². The van der Waals surface area contributed by atoms with Crippen molar-refractivity contribution < 1.29 is 5.84 Å². The molecule has 100 valence electrons. The Kier molecular flexibility index (Phi) is 3.16. The molecule has 0 amide bonds. The van der Waals surface area contributed by atoms with Crippen molar-refractivity contribution in [3.63, 3.8) is 0 Å². The second-order valence-corrected chi connectivity index (χ2v) is 5.63. The quantitative estimate of drug-likeness (QED) is 0.463. The van der Waals surface area contributed by atoms with Crippen LogP contribution in [0, 0.1) is 6.92 Å². The minimum absolute atomic E-state index is 0.392. The zero-order chi connectivity index (χ0) is 13.4. The third-order valence-corrected chi connectivity index (χ3v) is 4.10. The smallest absolute Gasteiger partial charge is 0.213 e. The van der Waals surface area contributed by atoms with Gasteiger partial charge in [-0.2, -0.15) is 0 Å². The Balaban J connectivity index is 1.89. The molecule has 4 nitrogen and oxygen atoms in total. The number of hydrogen-bond donors (Lipinski definition) is 4. The van der Waals surface area contributed by atoms with Crippen LogP contribution in [0.5, 0.6) is 0 Å². The largest absolute Gasteiger partial charge is 0.358 e. The summed E-state index contributed by atoms with van der Waals surface area (Å²) in [5, 5.41) is 5.31. The molecular formula is C14H19N4S+. The molecule has 1 aromatic heterocycles. The summed E-state index contributed by atoms with van der Waals surface area (Å²) in [5.74, 6) is 3.58. The summed E-state index contributed by atoms with van der Waals surface area (Å²) in [4.78, 5) is 3.55. The van der Waals surface area contributed by atoms with Crippen molar-refractivity contribution in [2.24, 2.45) is 0 Å². The maximum absolute atomic E-state index is 5.12. The van der Waals surface area contributed by atoms with E-state index in [1.54, 1.807) is 0 Å². The predicted molar refractivity (Wildman–Crippen MR) is 80.6 cm³/mol. The van der Waals surface area contributed by atoms with Crippen molar-refractivity contribution in [1.82, 2.24) is 15.7 Å². The van der Waals surface area contributed by atoms with Gasteiger partial charge in [0, 0.05) is 29.1 Å². The maximum atomic E-state index is 5.12. The number of nitrogens with one attached hydrogen (secondary N) is 3. The first-order valence-corrected chi connectivity index (χ1v) is 7.02. The minimum atomic E-state index is 0.392. The van der Waals surface area contributed by atoms with E-state index in [1.807, 2.05) is 0 Å². The Morgan fingerprint density at radius 2 is 2.32 bits per heavy atom. The van der Waals surface area contributed by atoms with Crippen molar-refractivity contribution >= 4 is 28.2 Å². The molecule has 1 aliphatic rings. The second kappa shape index (κ2) is 4.83. The molecule has 2 aromatic rings. The van der Waals surface area contributed by atoms with Crippen molar-refractivity contribution in [3.05, 3.63) is 35.0 Å². The molecule has 5 heteroatoms. The van der Waals surface area contributed by atoms with Crippen LogP contribution in [0.2, 0.25) is 0 Å². The van der Waals surface area contributed by atoms with Gasteiger partial charge in [0.15, 0.2) is 0 Å². The monoisotopic (exact) mass is 275 g/mol. The minimum Gasteiger partial charge on any atom is -0.358 e. The number of benzene rings is 1. The lowest BCUT2D eigenvalue weighted by molar-refractivity contribution is -0.419. The molecule has 1 unspecified atom stereocenters. The molecule has 0 spiro atoms. The fourth-order valence-electron chi connectivity index (χ4n) is 2.90. The lowest BCUT2D eigenvalue weighted by atomic mass is 9.91. The van der Waals surface area contributed by atoms with Crippen LogP contribution in [0.1, 0.15) is 23.2 Å². The van der Waals surface area contributed by atoms with E-state index in [9.17, 15) is 0 Å². The number of hydrogen-bond acceptors (Lipinski definition) is 1. The number of thiocarbonyl (C=S) groups is 1. The van der Waals surface area contributed by atoms with E-state index in [2.05, 4.69) is 46.7 Å². The number of aryl methyl sites for hydroxylation is 2. The van der Waals surface area contributed by atoms with Gasteiger partial charge in [0.1, 0.15) is 0 Å². The fraction of sp³-hybridized carbons (Fsp3) is 0.357. The van der Waals surface area contributed by atoms with Gasteiger partial charge in [-0.25, -0.2) is 5.43 Å². The highest BCUT2D eigenvalue weighted by Crippen LogP contribution is 2.29. The molecule has 3 rings (SSSR count). The summed E-state index contributed by atoms with van der Waals surface area (Å²) in [6, 6.07) is 7.00. The van der Waals surface area contributed by atoms with Gasteiger partial charge in [0.25, 0.3) is 0 Å². The molecular weight excluding hydrogens is 256 g/mol. The fourth-order valence-corrected chi connectivity index (χ4v) is 3.07. The van der Waals surface area contributed by atoms with Gasteiger partial charge < -0.3 is 10.3 Å². The van der Waals surface area contributed by atoms with Crippen molar-refractivity contribution in [2.45, 2.75) is 32.2 Å². The number of fused-ring (bicyclic) bond motifs is 3. The van der Waals surface area contributed by atoms with Gasteiger partial charge >= 0.3 is 0 Å². The molecule has 0 fully saturated rings. The lowest BCUT2D eigenvalue weighted by Crippen LogP contribution is -2.70. The summed E-state index contributed by atoms with van der Waals surface area (Å²) in [6.07, 6.45) is 3.19. The summed E-state index contributed by atoms with van der Waals surface area (Å²) in [5.41, 5.74) is 8.11. The average Bonchev–Trinajstić information content (AvgIpc) is 2.75. The van der Waals surface area contributed by atoms with Gasteiger partial charge in [0.05, 0.1) is 0 Å². The van der Waals surface area contributed by atoms with Crippen molar-refractivity contribution in [2.75, 3.05) is 0 Å². The second-order valence-electron chi connectivity index (χ2n) is 5.22. The Bertz CT molecular complexity index is 632. The predicted octanol–water partition coefficient (Wildman–Crippen LogP) is 0.955. The highest BCUT2D eigenvalue weighted by atomic mass is 32.1. The first-order valence-electron chi connectivity index (χ1n) is 6.61. The molecule has 0 bridgehead atoms. The average molecular weight is 275 g/mol. The van der Waals surface area contributed by atoms with E-state index in [0.717, 1.165) is 19.3 Å². The topological polar surface area (TPSA) is 67.5 Å². The zero-order valence-electron chi connectivity index (χ0n) is 11.0. The Hall–Kier alpha value is -1.59. The molecule has 1 aliphatic carbocycles. The third-order valence-electron chi connectivity index (χ3n) is 3.84. The van der Waals surface area contributed by atoms with E-state index in [-0.39, 0.29) is 0 Å². The normalized spacial score (nSPS) is 18.1. The van der Waals surface area contributed by atoms with Gasteiger partial charge in [-0.05, 0) is 49.7 Å². The molecule has 1 atom stereocenters. The standard InChI is InChI=1S/C14H18N4S/c1-8-2-5-12-11(6-8)10-4-3-9(7-13(10)17-12)16-14(19)18-15/h2,5-6,9,17H,3-4,7,15H2,1H3,(H2,16,18,19)/p+1. The van der Waals surface area contributed by atoms with Gasteiger partial charge in [-0.15, -0.1) is 0 Å². The number of rotatable bonds is 1. The van der Waals surface area contributed by atoms with E-state index < -0.39 is 0 Å². The molecule has 1 heterocycles. The molecule has 1 aromatic carbocycles. The molecule has 0 saturated heterocycles. The van der Waals surface area contributed by atoms with Gasteiger partial charge in [-0.1, -0.05) is 11.6 Å². The first-order chi connectivity index (χ1) is 9.17. The highest BCUT2D eigenvalue weighted by molar-refractivity contribution is 7.80. The number of aromatic nitrogens is 1. The van der Waals surface area contributed by atoms with Crippen LogP contribution in [0.25, 0.3) is 10.9 Å². The van der Waals surface area contributed by atoms with Gasteiger partial charge in [-0.3, -0.25) is 5.84 Å². The van der Waals surface area contributed by atoms with Crippen LogP contribution < -0.4 is 16.6 Å². The molecule has 19 heavy (non-hydrogen) atoms. The number of quaternary nitrogens is 1. The van der Waals surface area contributed by atoms with Crippen LogP contribution in [0.15, 0.2) is 18.2 Å². The van der Waals surface area contributed by atoms with Crippen LogP contribution >= 0.6 is 12.2 Å². The Morgan fingerprint density at radius 3 is 3.11 bits per heavy atom. The van der Waals surface area contributed by atoms with E-state index in [4.69, 9.17) is 12.2 Å². The van der Waals surface area contributed by atoms with Crippen molar-refractivity contribution in [1.29, 1.82) is 0 Å². The zero-order valence-corrected chi connectivity index (χ0v) is 11.9.